The van der Waals surface area contributed by atoms with Crippen LogP contribution in [0.15, 0.2) is 24.3 Å². The maximum absolute atomic E-state index is 11.3. The Morgan fingerprint density at radius 1 is 1.50 bits per heavy atom. The monoisotopic (exact) mass is 220 g/mol. The first-order valence-electron chi connectivity index (χ1n) is 5.39. The number of piperidine rings is 1. The zero-order valence-electron chi connectivity index (χ0n) is 9.27. The number of ether oxygens (including phenoxy) is 1. The maximum Gasteiger partial charge on any atom is 0.220 e. The average Bonchev–Trinajstić information content (AvgIpc) is 2.32. The van der Waals surface area contributed by atoms with E-state index in [1.807, 2.05) is 24.3 Å². The fourth-order valence-electron chi connectivity index (χ4n) is 1.98. The molecule has 0 saturated carbocycles. The Morgan fingerprint density at radius 3 is 3.06 bits per heavy atom. The van der Waals surface area contributed by atoms with Gasteiger partial charge >= 0.3 is 0 Å². The van der Waals surface area contributed by atoms with Gasteiger partial charge in [0.25, 0.3) is 0 Å². The van der Waals surface area contributed by atoms with Gasteiger partial charge in [0, 0.05) is 12.5 Å². The molecule has 0 aliphatic carbocycles. The number of carbonyl (C=O) groups is 1. The summed E-state index contributed by atoms with van der Waals surface area (Å²) in [5.41, 5.74) is 7.01. The molecule has 0 spiro atoms. The van der Waals surface area contributed by atoms with Crippen LogP contribution in [0.4, 0.5) is 0 Å². The highest BCUT2D eigenvalue weighted by molar-refractivity contribution is 5.77. The van der Waals surface area contributed by atoms with Crippen molar-refractivity contribution in [3.63, 3.8) is 0 Å². The molecule has 16 heavy (non-hydrogen) atoms. The molecule has 1 fully saturated rings. The Labute approximate surface area is 94.8 Å². The smallest absolute Gasteiger partial charge is 0.220 e. The number of amides is 1. The molecule has 2 rings (SSSR count). The first-order chi connectivity index (χ1) is 7.70. The molecule has 86 valence electrons. The second-order valence-electron chi connectivity index (χ2n) is 4.02. The van der Waals surface area contributed by atoms with Gasteiger partial charge in [-0.05, 0) is 24.1 Å². The summed E-state index contributed by atoms with van der Waals surface area (Å²) in [5, 5.41) is 2.91. The van der Waals surface area contributed by atoms with Gasteiger partial charge < -0.3 is 15.8 Å². The number of hydrogen-bond donors (Lipinski definition) is 2. The second-order valence-corrected chi connectivity index (χ2v) is 4.02. The van der Waals surface area contributed by atoms with E-state index in [1.54, 1.807) is 7.11 Å². The molecule has 0 radical (unpaired) electrons. The summed E-state index contributed by atoms with van der Waals surface area (Å²) in [6.07, 6.45) is 1.25. The van der Waals surface area contributed by atoms with E-state index in [0.29, 0.717) is 6.42 Å². The van der Waals surface area contributed by atoms with E-state index in [1.165, 1.54) is 0 Å². The number of hydrogen-bond acceptors (Lipinski definition) is 3. The van der Waals surface area contributed by atoms with E-state index in [4.69, 9.17) is 10.5 Å². The van der Waals surface area contributed by atoms with E-state index in [-0.39, 0.29) is 18.0 Å². The molecule has 4 nitrogen and oxygen atoms in total. The van der Waals surface area contributed by atoms with Gasteiger partial charge in [-0.25, -0.2) is 0 Å². The molecular formula is C12H16N2O2. The lowest BCUT2D eigenvalue weighted by Gasteiger charge is -2.30. The number of nitrogens with one attached hydrogen (secondary N) is 1. The molecule has 0 bridgehead atoms. The van der Waals surface area contributed by atoms with Crippen LogP contribution in [0.1, 0.15) is 24.4 Å². The summed E-state index contributed by atoms with van der Waals surface area (Å²) in [6.45, 7) is 0. The fraction of sp³-hybridized carbons (Fsp3) is 0.417. The van der Waals surface area contributed by atoms with Crippen molar-refractivity contribution in [3.05, 3.63) is 29.8 Å². The lowest BCUT2D eigenvalue weighted by Crippen LogP contribution is -2.45. The van der Waals surface area contributed by atoms with Crippen molar-refractivity contribution in [3.8, 4) is 5.75 Å². The summed E-state index contributed by atoms with van der Waals surface area (Å²) < 4.78 is 5.15. The average molecular weight is 220 g/mol. The molecule has 4 heteroatoms. The number of nitrogens with two attached hydrogens (primary N) is 1. The second kappa shape index (κ2) is 4.53. The molecule has 1 saturated heterocycles. The molecule has 1 aromatic rings. The van der Waals surface area contributed by atoms with Crippen LogP contribution in [0.5, 0.6) is 5.75 Å². The van der Waals surface area contributed by atoms with Gasteiger partial charge in [0.2, 0.25) is 5.91 Å². The third-order valence-electron chi connectivity index (χ3n) is 2.90. The third kappa shape index (κ3) is 2.17. The van der Waals surface area contributed by atoms with Crippen LogP contribution in [0.3, 0.4) is 0 Å². The first-order valence-corrected chi connectivity index (χ1v) is 5.39. The summed E-state index contributed by atoms with van der Waals surface area (Å²) in [5.74, 6) is 0.846. The van der Waals surface area contributed by atoms with E-state index < -0.39 is 0 Å². The minimum Gasteiger partial charge on any atom is -0.497 e. The fourth-order valence-corrected chi connectivity index (χ4v) is 1.98. The van der Waals surface area contributed by atoms with Crippen molar-refractivity contribution in [2.75, 3.05) is 7.11 Å². The summed E-state index contributed by atoms with van der Waals surface area (Å²) in [7, 11) is 1.62. The van der Waals surface area contributed by atoms with Gasteiger partial charge in [0.05, 0.1) is 13.2 Å². The van der Waals surface area contributed by atoms with E-state index in [0.717, 1.165) is 17.7 Å². The van der Waals surface area contributed by atoms with Crippen LogP contribution in [0.2, 0.25) is 0 Å². The van der Waals surface area contributed by atoms with Gasteiger partial charge in [0.15, 0.2) is 0 Å². The van der Waals surface area contributed by atoms with Crippen LogP contribution in [0.25, 0.3) is 0 Å². The minimum absolute atomic E-state index is 0.0233. The quantitative estimate of drug-likeness (QED) is 0.780. The molecule has 2 atom stereocenters. The molecule has 0 aromatic heterocycles. The minimum atomic E-state index is -0.101. The number of rotatable bonds is 2. The van der Waals surface area contributed by atoms with E-state index >= 15 is 0 Å². The van der Waals surface area contributed by atoms with Crippen LogP contribution >= 0.6 is 0 Å². The highest BCUT2D eigenvalue weighted by Crippen LogP contribution is 2.25. The van der Waals surface area contributed by atoms with E-state index in [2.05, 4.69) is 5.32 Å². The predicted molar refractivity (Wildman–Crippen MR) is 61.1 cm³/mol. The molecule has 2 unspecified atom stereocenters. The molecule has 1 aliphatic heterocycles. The summed E-state index contributed by atoms with van der Waals surface area (Å²) in [6, 6.07) is 7.52. The van der Waals surface area contributed by atoms with Crippen molar-refractivity contribution < 1.29 is 9.53 Å². The number of benzene rings is 1. The number of methoxy groups -OCH3 is 1. The predicted octanol–water partition coefficient (Wildman–Crippen LogP) is 0.974. The van der Waals surface area contributed by atoms with Crippen LogP contribution in [-0.2, 0) is 4.79 Å². The topological polar surface area (TPSA) is 64.3 Å². The van der Waals surface area contributed by atoms with Crippen molar-refractivity contribution in [2.45, 2.75) is 24.9 Å². The molecular weight excluding hydrogens is 204 g/mol. The summed E-state index contributed by atoms with van der Waals surface area (Å²) in [4.78, 5) is 11.3. The first kappa shape index (κ1) is 11.0. The van der Waals surface area contributed by atoms with Gasteiger partial charge in [0.1, 0.15) is 5.75 Å². The van der Waals surface area contributed by atoms with Gasteiger partial charge in [-0.1, -0.05) is 12.1 Å². The van der Waals surface area contributed by atoms with Crippen LogP contribution < -0.4 is 15.8 Å². The lowest BCUT2D eigenvalue weighted by molar-refractivity contribution is -0.123. The molecule has 3 N–H and O–H groups in total. The van der Waals surface area contributed by atoms with Gasteiger partial charge in [-0.15, -0.1) is 0 Å². The zero-order valence-corrected chi connectivity index (χ0v) is 9.27. The van der Waals surface area contributed by atoms with Crippen molar-refractivity contribution in [1.29, 1.82) is 0 Å². The number of carbonyl (C=O) groups excluding carboxylic acids is 1. The Bertz CT molecular complexity index is 392. The highest BCUT2D eigenvalue weighted by Gasteiger charge is 2.27. The van der Waals surface area contributed by atoms with Crippen LogP contribution in [0, 0.1) is 0 Å². The Kier molecular flexibility index (Phi) is 3.10. The lowest BCUT2D eigenvalue weighted by atomic mass is 9.92. The van der Waals surface area contributed by atoms with Crippen molar-refractivity contribution in [2.24, 2.45) is 5.73 Å². The Balaban J connectivity index is 2.24. The maximum atomic E-state index is 11.3. The molecule has 1 aromatic carbocycles. The van der Waals surface area contributed by atoms with Crippen LogP contribution in [-0.4, -0.2) is 19.1 Å². The standard InChI is InChI=1S/C12H16N2O2/c1-16-9-4-2-3-8(7-9)12-10(13)5-6-11(15)14-12/h2-4,7,10,12H,5-6,13H2,1H3,(H,14,15). The van der Waals surface area contributed by atoms with Crippen molar-refractivity contribution >= 4 is 5.91 Å². The normalized spacial score (nSPS) is 25.0. The third-order valence-corrected chi connectivity index (χ3v) is 2.90. The molecule has 1 heterocycles. The van der Waals surface area contributed by atoms with Gasteiger partial charge in [-0.3, -0.25) is 4.79 Å². The van der Waals surface area contributed by atoms with E-state index in [9.17, 15) is 4.79 Å². The Morgan fingerprint density at radius 2 is 2.31 bits per heavy atom. The van der Waals surface area contributed by atoms with Crippen molar-refractivity contribution in [1.82, 2.24) is 5.32 Å². The SMILES string of the molecule is COc1cccc(C2NC(=O)CCC2N)c1. The Hall–Kier alpha value is -1.55. The molecule has 1 amide bonds. The largest absolute Gasteiger partial charge is 0.497 e. The molecule has 1 aliphatic rings. The highest BCUT2D eigenvalue weighted by atomic mass is 16.5. The summed E-state index contributed by atoms with van der Waals surface area (Å²) >= 11 is 0. The van der Waals surface area contributed by atoms with Gasteiger partial charge in [-0.2, -0.15) is 0 Å². The zero-order chi connectivity index (χ0) is 11.5.